The van der Waals surface area contributed by atoms with E-state index >= 15 is 0 Å². The second-order valence-electron chi connectivity index (χ2n) is 7.03. The number of likely N-dealkylation sites (tertiary alicyclic amines) is 1. The third-order valence-electron chi connectivity index (χ3n) is 4.95. The topological polar surface area (TPSA) is 54.7 Å². The lowest BCUT2D eigenvalue weighted by atomic mass is 10.0. The van der Waals surface area contributed by atoms with Crippen LogP contribution in [0, 0.1) is 6.92 Å². The quantitative estimate of drug-likeness (QED) is 0.764. The normalized spacial score (nSPS) is 18.3. The lowest BCUT2D eigenvalue weighted by molar-refractivity contribution is -0.131. The van der Waals surface area contributed by atoms with Crippen LogP contribution in [0.3, 0.4) is 0 Å². The summed E-state index contributed by atoms with van der Waals surface area (Å²) >= 11 is 2.91. The number of amides is 2. The summed E-state index contributed by atoms with van der Waals surface area (Å²) in [6, 6.07) is 6.61. The van der Waals surface area contributed by atoms with Gasteiger partial charge in [0.05, 0.1) is 21.7 Å². The number of benzene rings is 1. The van der Waals surface area contributed by atoms with E-state index in [1.54, 1.807) is 11.3 Å². The van der Waals surface area contributed by atoms with Gasteiger partial charge in [-0.05, 0) is 57.7 Å². The minimum absolute atomic E-state index is 0.140. The third-order valence-corrected chi connectivity index (χ3v) is 6.89. The number of carbonyl (C=O) groups is 2. The molecule has 0 N–H and O–H groups in total. The highest BCUT2D eigenvalue weighted by atomic mass is 32.2. The summed E-state index contributed by atoms with van der Waals surface area (Å²) in [5, 5.41) is 0. The first-order valence-corrected chi connectivity index (χ1v) is 11.5. The minimum Gasteiger partial charge on any atom is -0.339 e. The smallest absolute Gasteiger partial charge is 0.258 e. The highest BCUT2D eigenvalue weighted by molar-refractivity contribution is 8.00. The van der Waals surface area contributed by atoms with Crippen molar-refractivity contribution in [1.29, 1.82) is 0 Å². The summed E-state index contributed by atoms with van der Waals surface area (Å²) in [7, 11) is 0. The second kappa shape index (κ2) is 9.06. The largest absolute Gasteiger partial charge is 0.339 e. The van der Waals surface area contributed by atoms with Crippen molar-refractivity contribution in [1.82, 2.24) is 9.47 Å². The van der Waals surface area contributed by atoms with Crippen LogP contribution in [0.25, 0.3) is 10.2 Å². The molecular formula is C20H27N3O2S2. The Bertz CT molecular complexity index is 900. The van der Waals surface area contributed by atoms with E-state index in [1.165, 1.54) is 23.7 Å². The number of aryl methyl sites for hydroxylation is 2. The van der Waals surface area contributed by atoms with Gasteiger partial charge in [-0.1, -0.05) is 17.4 Å². The Morgan fingerprint density at radius 3 is 2.85 bits per heavy atom. The van der Waals surface area contributed by atoms with Gasteiger partial charge in [0.25, 0.3) is 5.91 Å². The summed E-state index contributed by atoms with van der Waals surface area (Å²) in [4.78, 5) is 31.7. The zero-order chi connectivity index (χ0) is 19.4. The van der Waals surface area contributed by atoms with Gasteiger partial charge >= 0.3 is 0 Å². The summed E-state index contributed by atoms with van der Waals surface area (Å²) in [5.41, 5.74) is 2.31. The number of rotatable bonds is 5. The first kappa shape index (κ1) is 20.1. The maximum Gasteiger partial charge on any atom is 0.258 e. The highest BCUT2D eigenvalue weighted by Gasteiger charge is 2.22. The van der Waals surface area contributed by atoms with E-state index in [0.29, 0.717) is 11.8 Å². The van der Waals surface area contributed by atoms with E-state index in [4.69, 9.17) is 0 Å². The van der Waals surface area contributed by atoms with E-state index < -0.39 is 0 Å². The summed E-state index contributed by atoms with van der Waals surface area (Å²) < 4.78 is 3.22. The Hall–Kier alpha value is -1.60. The summed E-state index contributed by atoms with van der Waals surface area (Å²) in [5.74, 6) is 0.557. The molecule has 0 saturated carbocycles. The molecule has 2 heterocycles. The average Bonchev–Trinajstić information content (AvgIpc) is 2.97. The van der Waals surface area contributed by atoms with Crippen LogP contribution < -0.4 is 4.80 Å². The first-order valence-electron chi connectivity index (χ1n) is 9.54. The number of aromatic nitrogens is 1. The molecule has 1 fully saturated rings. The molecular weight excluding hydrogens is 378 g/mol. The molecule has 1 aromatic carbocycles. The molecule has 27 heavy (non-hydrogen) atoms. The first-order chi connectivity index (χ1) is 13.0. The van der Waals surface area contributed by atoms with Crippen molar-refractivity contribution in [3.05, 3.63) is 28.6 Å². The molecule has 2 amide bonds. The molecule has 146 valence electrons. The lowest BCUT2D eigenvalue weighted by Crippen LogP contribution is -2.43. The summed E-state index contributed by atoms with van der Waals surface area (Å²) in [6.45, 7) is 7.84. The monoisotopic (exact) mass is 405 g/mol. The highest BCUT2D eigenvalue weighted by Crippen LogP contribution is 2.19. The van der Waals surface area contributed by atoms with E-state index in [2.05, 4.69) is 48.5 Å². The number of hydrogen-bond donors (Lipinski definition) is 0. The summed E-state index contributed by atoms with van der Waals surface area (Å²) in [6.07, 6.45) is 3.35. The van der Waals surface area contributed by atoms with Gasteiger partial charge in [-0.25, -0.2) is 0 Å². The molecule has 0 radical (unpaired) electrons. The fourth-order valence-electron chi connectivity index (χ4n) is 3.49. The van der Waals surface area contributed by atoms with Crippen molar-refractivity contribution < 1.29 is 9.59 Å². The van der Waals surface area contributed by atoms with Crippen molar-refractivity contribution >= 4 is 45.1 Å². The van der Waals surface area contributed by atoms with Crippen LogP contribution in [0.5, 0.6) is 0 Å². The zero-order valence-electron chi connectivity index (χ0n) is 16.2. The zero-order valence-corrected chi connectivity index (χ0v) is 17.9. The standard InChI is InChI=1S/C20H27N3O2S2/c1-4-22-16-9-8-14(2)11-17(16)27-20(22)21-18(24)12-26-13-19(25)23-10-6-5-7-15(23)3/h8-9,11,15H,4-7,10,12-13H2,1-3H3/t15-/m1/s1. The Labute approximate surface area is 168 Å². The molecule has 1 saturated heterocycles. The maximum atomic E-state index is 12.4. The molecule has 0 spiro atoms. The number of nitrogens with zero attached hydrogens (tertiary/aromatic N) is 3. The number of piperidine rings is 1. The second-order valence-corrected chi connectivity index (χ2v) is 9.03. The SMILES string of the molecule is CCn1c(=NC(=O)CSCC(=O)N2CCCC[C@H]2C)sc2cc(C)ccc21. The molecule has 1 atom stereocenters. The fourth-order valence-corrected chi connectivity index (χ4v) is 5.38. The van der Waals surface area contributed by atoms with Crippen LogP contribution in [-0.2, 0) is 16.1 Å². The predicted molar refractivity (Wildman–Crippen MR) is 113 cm³/mol. The van der Waals surface area contributed by atoms with Crippen molar-refractivity contribution in [2.45, 2.75) is 52.6 Å². The van der Waals surface area contributed by atoms with E-state index in [9.17, 15) is 9.59 Å². The molecule has 1 aliphatic heterocycles. The average molecular weight is 406 g/mol. The number of thiazole rings is 1. The molecule has 7 heteroatoms. The van der Waals surface area contributed by atoms with Gasteiger partial charge in [0, 0.05) is 19.1 Å². The molecule has 2 aromatic rings. The van der Waals surface area contributed by atoms with Crippen molar-refractivity contribution in [2.24, 2.45) is 4.99 Å². The van der Waals surface area contributed by atoms with Gasteiger partial charge in [-0.15, -0.1) is 11.8 Å². The van der Waals surface area contributed by atoms with Crippen LogP contribution in [0.1, 0.15) is 38.7 Å². The van der Waals surface area contributed by atoms with Gasteiger partial charge in [0.2, 0.25) is 5.91 Å². The van der Waals surface area contributed by atoms with Gasteiger partial charge in [-0.2, -0.15) is 4.99 Å². The van der Waals surface area contributed by atoms with Crippen LogP contribution >= 0.6 is 23.1 Å². The Morgan fingerprint density at radius 2 is 2.11 bits per heavy atom. The number of carbonyl (C=O) groups excluding carboxylic acids is 2. The lowest BCUT2D eigenvalue weighted by Gasteiger charge is -2.33. The molecule has 1 aliphatic rings. The van der Waals surface area contributed by atoms with Crippen molar-refractivity contribution in [3.63, 3.8) is 0 Å². The maximum absolute atomic E-state index is 12.4. The molecule has 0 bridgehead atoms. The molecule has 0 unspecified atom stereocenters. The van der Waals surface area contributed by atoms with E-state index in [0.717, 1.165) is 40.9 Å². The molecule has 5 nitrogen and oxygen atoms in total. The fraction of sp³-hybridized carbons (Fsp3) is 0.550. The van der Waals surface area contributed by atoms with Crippen LogP contribution in [0.4, 0.5) is 0 Å². The number of hydrogen-bond acceptors (Lipinski definition) is 4. The predicted octanol–water partition coefficient (Wildman–Crippen LogP) is 3.59. The minimum atomic E-state index is -0.176. The Balaban J connectivity index is 1.63. The van der Waals surface area contributed by atoms with Crippen LogP contribution in [-0.4, -0.2) is 45.4 Å². The van der Waals surface area contributed by atoms with Crippen molar-refractivity contribution in [3.8, 4) is 0 Å². The van der Waals surface area contributed by atoms with Crippen LogP contribution in [0.15, 0.2) is 23.2 Å². The molecule has 0 aliphatic carbocycles. The van der Waals surface area contributed by atoms with Gasteiger partial charge < -0.3 is 9.47 Å². The number of thioether (sulfide) groups is 1. The van der Waals surface area contributed by atoms with Crippen LogP contribution in [0.2, 0.25) is 0 Å². The van der Waals surface area contributed by atoms with Crippen molar-refractivity contribution in [2.75, 3.05) is 18.1 Å². The van der Waals surface area contributed by atoms with Gasteiger partial charge in [-0.3, -0.25) is 9.59 Å². The number of fused-ring (bicyclic) bond motifs is 1. The third kappa shape index (κ3) is 4.82. The van der Waals surface area contributed by atoms with E-state index in [-0.39, 0.29) is 17.6 Å². The van der Waals surface area contributed by atoms with E-state index in [1.807, 2.05) is 4.90 Å². The van der Waals surface area contributed by atoms with Gasteiger partial charge in [0.15, 0.2) is 4.80 Å². The Morgan fingerprint density at radius 1 is 1.30 bits per heavy atom. The molecule has 1 aromatic heterocycles. The van der Waals surface area contributed by atoms with Gasteiger partial charge in [0.1, 0.15) is 0 Å². The Kier molecular flexibility index (Phi) is 6.76. The molecule has 3 rings (SSSR count).